The largest absolute Gasteiger partial charge is 0.388 e. The Morgan fingerprint density at radius 1 is 1.50 bits per heavy atom. The van der Waals surface area contributed by atoms with Crippen molar-refractivity contribution in [3.8, 4) is 0 Å². The van der Waals surface area contributed by atoms with Crippen LogP contribution in [0.1, 0.15) is 19.8 Å². The number of para-hydroxylation sites is 1. The number of piperidine rings is 1. The molecule has 2 amide bonds. The van der Waals surface area contributed by atoms with Crippen molar-refractivity contribution in [1.82, 2.24) is 4.90 Å². The van der Waals surface area contributed by atoms with Crippen LogP contribution in [0.5, 0.6) is 0 Å². The van der Waals surface area contributed by atoms with Crippen molar-refractivity contribution in [2.45, 2.75) is 25.4 Å². The second-order valence-electron chi connectivity index (χ2n) is 4.93. The number of urea groups is 1. The number of amides is 2. The first-order chi connectivity index (χ1) is 8.48. The van der Waals surface area contributed by atoms with Crippen molar-refractivity contribution in [1.29, 1.82) is 0 Å². The van der Waals surface area contributed by atoms with Gasteiger partial charge in [0.25, 0.3) is 0 Å². The minimum atomic E-state index is -0.796. The number of carbonyl (C=O) groups excluding carboxylic acids is 1. The molecule has 2 rings (SSSR count). The maximum Gasteiger partial charge on any atom is 0.321 e. The van der Waals surface area contributed by atoms with Crippen LogP contribution < -0.4 is 5.32 Å². The Labute approximate surface area is 112 Å². The molecule has 4 nitrogen and oxygen atoms in total. The normalized spacial score (nSPS) is 23.8. The predicted octanol–water partition coefficient (Wildman–Crippen LogP) is 2.72. The van der Waals surface area contributed by atoms with Crippen LogP contribution in [0.3, 0.4) is 0 Å². The number of nitrogens with one attached hydrogen (secondary N) is 1. The second-order valence-corrected chi connectivity index (χ2v) is 5.34. The molecule has 0 aliphatic carbocycles. The number of nitrogens with zero attached hydrogens (tertiary/aromatic N) is 1. The molecule has 5 heteroatoms. The molecule has 0 aromatic heterocycles. The molecule has 0 bridgehead atoms. The average molecular weight is 269 g/mol. The van der Waals surface area contributed by atoms with E-state index in [4.69, 9.17) is 11.6 Å². The van der Waals surface area contributed by atoms with Crippen LogP contribution in [0.4, 0.5) is 10.5 Å². The Balaban J connectivity index is 2.02. The topological polar surface area (TPSA) is 52.6 Å². The number of β-amino-alcohol motifs (C(OH)–C–C–N with tert-alkyl or cyclic N) is 1. The summed E-state index contributed by atoms with van der Waals surface area (Å²) in [6.07, 6.45) is 1.53. The third-order valence-corrected chi connectivity index (χ3v) is 3.41. The van der Waals surface area contributed by atoms with Crippen LogP contribution in [-0.2, 0) is 0 Å². The van der Waals surface area contributed by atoms with Crippen molar-refractivity contribution in [2.75, 3.05) is 18.4 Å². The van der Waals surface area contributed by atoms with E-state index >= 15 is 0 Å². The van der Waals surface area contributed by atoms with Gasteiger partial charge in [-0.25, -0.2) is 4.79 Å². The van der Waals surface area contributed by atoms with Crippen LogP contribution in [-0.4, -0.2) is 34.7 Å². The van der Waals surface area contributed by atoms with Gasteiger partial charge in [0.1, 0.15) is 0 Å². The molecule has 2 N–H and O–H groups in total. The van der Waals surface area contributed by atoms with Crippen molar-refractivity contribution >= 4 is 23.3 Å². The molecule has 0 saturated carbocycles. The van der Waals surface area contributed by atoms with E-state index in [0.29, 0.717) is 23.8 Å². The molecular formula is C13H17ClN2O2. The Morgan fingerprint density at radius 3 is 2.89 bits per heavy atom. The van der Waals surface area contributed by atoms with Gasteiger partial charge in [-0.15, -0.1) is 0 Å². The van der Waals surface area contributed by atoms with Gasteiger partial charge in [0, 0.05) is 6.54 Å². The van der Waals surface area contributed by atoms with Gasteiger partial charge in [-0.2, -0.15) is 0 Å². The summed E-state index contributed by atoms with van der Waals surface area (Å²) in [5.74, 6) is 0. The first-order valence-electron chi connectivity index (χ1n) is 6.01. The van der Waals surface area contributed by atoms with Gasteiger partial charge in [-0.05, 0) is 31.9 Å². The minimum Gasteiger partial charge on any atom is -0.388 e. The van der Waals surface area contributed by atoms with E-state index in [1.165, 1.54) is 0 Å². The molecule has 0 radical (unpaired) electrons. The van der Waals surface area contributed by atoms with Gasteiger partial charge in [-0.3, -0.25) is 0 Å². The fourth-order valence-corrected chi connectivity index (χ4v) is 2.33. The summed E-state index contributed by atoms with van der Waals surface area (Å²) in [6, 6.07) is 6.88. The Kier molecular flexibility index (Phi) is 3.78. The van der Waals surface area contributed by atoms with E-state index in [1.807, 2.05) is 12.1 Å². The quantitative estimate of drug-likeness (QED) is 0.823. The summed E-state index contributed by atoms with van der Waals surface area (Å²) < 4.78 is 0. The molecule has 1 heterocycles. The number of likely N-dealkylation sites (tertiary alicyclic amines) is 1. The fraction of sp³-hybridized carbons (Fsp3) is 0.462. The number of aliphatic hydroxyl groups is 1. The van der Waals surface area contributed by atoms with Gasteiger partial charge >= 0.3 is 6.03 Å². The number of rotatable bonds is 1. The number of anilines is 1. The monoisotopic (exact) mass is 268 g/mol. The zero-order valence-corrected chi connectivity index (χ0v) is 11.1. The summed E-state index contributed by atoms with van der Waals surface area (Å²) in [5, 5.41) is 13.2. The third kappa shape index (κ3) is 3.15. The van der Waals surface area contributed by atoms with Crippen molar-refractivity contribution < 1.29 is 9.90 Å². The van der Waals surface area contributed by atoms with Gasteiger partial charge in [-0.1, -0.05) is 23.7 Å². The van der Waals surface area contributed by atoms with E-state index in [-0.39, 0.29) is 6.03 Å². The van der Waals surface area contributed by atoms with Crippen LogP contribution in [0.2, 0.25) is 5.02 Å². The third-order valence-electron chi connectivity index (χ3n) is 3.08. The minimum absolute atomic E-state index is 0.219. The SMILES string of the molecule is CC1(O)CCCN(C(=O)Nc2ccccc2Cl)C1. The number of hydrogen-bond acceptors (Lipinski definition) is 2. The number of hydrogen-bond donors (Lipinski definition) is 2. The molecule has 1 saturated heterocycles. The average Bonchev–Trinajstić information content (AvgIpc) is 2.31. The number of carbonyl (C=O) groups is 1. The lowest BCUT2D eigenvalue weighted by Gasteiger charge is -2.36. The zero-order chi connectivity index (χ0) is 13.2. The predicted molar refractivity (Wildman–Crippen MR) is 71.9 cm³/mol. The van der Waals surface area contributed by atoms with Crippen molar-refractivity contribution in [3.63, 3.8) is 0 Å². The number of benzene rings is 1. The molecule has 1 fully saturated rings. The van der Waals surface area contributed by atoms with E-state index in [2.05, 4.69) is 5.32 Å². The van der Waals surface area contributed by atoms with Crippen molar-refractivity contribution in [3.05, 3.63) is 29.3 Å². The Hall–Kier alpha value is -1.26. The molecule has 18 heavy (non-hydrogen) atoms. The Morgan fingerprint density at radius 2 is 2.22 bits per heavy atom. The highest BCUT2D eigenvalue weighted by molar-refractivity contribution is 6.33. The highest BCUT2D eigenvalue weighted by Gasteiger charge is 2.30. The summed E-state index contributed by atoms with van der Waals surface area (Å²) in [6.45, 7) is 2.76. The van der Waals surface area contributed by atoms with E-state index in [9.17, 15) is 9.90 Å². The first kappa shape index (κ1) is 13.2. The molecule has 1 aromatic rings. The maximum absolute atomic E-state index is 12.1. The lowest BCUT2D eigenvalue weighted by atomic mass is 9.95. The number of halogens is 1. The lowest BCUT2D eigenvalue weighted by molar-refractivity contribution is -0.000634. The molecule has 1 aliphatic heterocycles. The molecular weight excluding hydrogens is 252 g/mol. The summed E-state index contributed by atoms with van der Waals surface area (Å²) in [5.41, 5.74) is -0.204. The molecule has 0 spiro atoms. The van der Waals surface area contributed by atoms with E-state index in [0.717, 1.165) is 12.8 Å². The molecule has 98 valence electrons. The van der Waals surface area contributed by atoms with Crippen LogP contribution in [0, 0.1) is 0 Å². The fourth-order valence-electron chi connectivity index (χ4n) is 2.15. The van der Waals surface area contributed by atoms with Crippen LogP contribution in [0.25, 0.3) is 0 Å². The van der Waals surface area contributed by atoms with Crippen molar-refractivity contribution in [2.24, 2.45) is 0 Å². The molecule has 1 atom stereocenters. The van der Waals surface area contributed by atoms with E-state index < -0.39 is 5.60 Å². The smallest absolute Gasteiger partial charge is 0.321 e. The van der Waals surface area contributed by atoms with Crippen LogP contribution in [0.15, 0.2) is 24.3 Å². The highest BCUT2D eigenvalue weighted by atomic mass is 35.5. The van der Waals surface area contributed by atoms with Gasteiger partial charge in [0.2, 0.25) is 0 Å². The van der Waals surface area contributed by atoms with Gasteiger partial charge in [0.05, 0.1) is 22.9 Å². The molecule has 1 aromatic carbocycles. The summed E-state index contributed by atoms with van der Waals surface area (Å²) >= 11 is 5.98. The van der Waals surface area contributed by atoms with Gasteiger partial charge in [0.15, 0.2) is 0 Å². The van der Waals surface area contributed by atoms with Crippen LogP contribution >= 0.6 is 11.6 Å². The lowest BCUT2D eigenvalue weighted by Crippen LogP contribution is -2.49. The van der Waals surface area contributed by atoms with Gasteiger partial charge < -0.3 is 15.3 Å². The standard InChI is InChI=1S/C13H17ClN2O2/c1-13(18)7-4-8-16(9-13)12(17)15-11-6-3-2-5-10(11)14/h2-3,5-6,18H,4,7-9H2,1H3,(H,15,17). The maximum atomic E-state index is 12.1. The first-order valence-corrected chi connectivity index (χ1v) is 6.39. The molecule has 1 aliphatic rings. The molecule has 1 unspecified atom stereocenters. The van der Waals surface area contributed by atoms with E-state index in [1.54, 1.807) is 24.0 Å². The zero-order valence-electron chi connectivity index (χ0n) is 10.3. The second kappa shape index (κ2) is 5.16. The highest BCUT2D eigenvalue weighted by Crippen LogP contribution is 2.23. The Bertz CT molecular complexity index is 448. The summed E-state index contributed by atoms with van der Waals surface area (Å²) in [7, 11) is 0. The summed E-state index contributed by atoms with van der Waals surface area (Å²) in [4.78, 5) is 13.7.